The highest BCUT2D eigenvalue weighted by Crippen LogP contribution is 2.34. The molecule has 0 unspecified atom stereocenters. The molecular weight excluding hydrogens is 282 g/mol. The van der Waals surface area contributed by atoms with Gasteiger partial charge in [0, 0.05) is 24.0 Å². The van der Waals surface area contributed by atoms with Crippen LogP contribution in [0.15, 0.2) is 30.5 Å². The fourth-order valence-electron chi connectivity index (χ4n) is 2.49. The van der Waals surface area contributed by atoms with Gasteiger partial charge in [0.15, 0.2) is 11.5 Å². The Morgan fingerprint density at radius 2 is 2.09 bits per heavy atom. The molecule has 6 nitrogen and oxygen atoms in total. The van der Waals surface area contributed by atoms with Crippen LogP contribution < -0.4 is 14.8 Å². The summed E-state index contributed by atoms with van der Waals surface area (Å²) < 4.78 is 12.4. The van der Waals surface area contributed by atoms with Gasteiger partial charge in [-0.1, -0.05) is 0 Å². The molecule has 0 bridgehead atoms. The summed E-state index contributed by atoms with van der Waals surface area (Å²) in [5, 5.41) is 12.2. The molecule has 2 aliphatic rings. The van der Waals surface area contributed by atoms with Crippen molar-refractivity contribution in [1.82, 2.24) is 9.88 Å². The van der Waals surface area contributed by atoms with Crippen molar-refractivity contribution in [2.75, 3.05) is 6.79 Å². The summed E-state index contributed by atoms with van der Waals surface area (Å²) in [5.74, 6) is 1.10. The van der Waals surface area contributed by atoms with E-state index >= 15 is 0 Å². The molecule has 1 aliphatic carbocycles. The zero-order valence-corrected chi connectivity index (χ0v) is 11.7. The number of amides is 1. The lowest BCUT2D eigenvalue weighted by molar-refractivity contribution is 0.0944. The summed E-state index contributed by atoms with van der Waals surface area (Å²) in [6.07, 6.45) is 3.72. The quantitative estimate of drug-likeness (QED) is 0.939. The molecule has 1 fully saturated rings. The maximum atomic E-state index is 12.4. The summed E-state index contributed by atoms with van der Waals surface area (Å²) in [7, 11) is 0. The van der Waals surface area contributed by atoms with Crippen molar-refractivity contribution in [3.8, 4) is 23.3 Å². The Morgan fingerprint density at radius 3 is 2.86 bits per heavy atom. The van der Waals surface area contributed by atoms with Gasteiger partial charge in [0.05, 0.1) is 5.56 Å². The highest BCUT2D eigenvalue weighted by Gasteiger charge is 2.27. The summed E-state index contributed by atoms with van der Waals surface area (Å²) >= 11 is 0. The number of nitriles is 1. The van der Waals surface area contributed by atoms with E-state index in [0.717, 1.165) is 18.5 Å². The fraction of sp³-hybridized carbons (Fsp3) is 0.250. The molecule has 0 atom stereocenters. The second kappa shape index (κ2) is 4.81. The van der Waals surface area contributed by atoms with E-state index in [4.69, 9.17) is 9.47 Å². The predicted molar refractivity (Wildman–Crippen MR) is 77.1 cm³/mol. The summed E-state index contributed by atoms with van der Waals surface area (Å²) in [6.45, 7) is 0.197. The first-order valence-electron chi connectivity index (χ1n) is 7.08. The minimum absolute atomic E-state index is 0.197. The number of carbonyl (C=O) groups excluding carboxylic acids is 1. The van der Waals surface area contributed by atoms with Gasteiger partial charge < -0.3 is 19.4 Å². The monoisotopic (exact) mass is 295 g/mol. The third kappa shape index (κ3) is 2.07. The molecule has 0 radical (unpaired) electrons. The lowest BCUT2D eigenvalue weighted by atomic mass is 10.2. The summed E-state index contributed by atoms with van der Waals surface area (Å²) in [6, 6.07) is 9.39. The number of benzene rings is 1. The molecule has 1 saturated carbocycles. The van der Waals surface area contributed by atoms with E-state index in [1.54, 1.807) is 29.0 Å². The molecular formula is C16H13N3O3. The number of nitrogens with zero attached hydrogens (tertiary/aromatic N) is 2. The number of nitrogens with one attached hydrogen (secondary N) is 1. The molecule has 110 valence electrons. The van der Waals surface area contributed by atoms with Crippen LogP contribution in [0.3, 0.4) is 0 Å². The zero-order chi connectivity index (χ0) is 15.1. The third-order valence-corrected chi connectivity index (χ3v) is 3.77. The Kier molecular flexibility index (Phi) is 2.79. The van der Waals surface area contributed by atoms with Crippen molar-refractivity contribution in [1.29, 1.82) is 5.26 Å². The van der Waals surface area contributed by atoms with Crippen molar-refractivity contribution in [3.05, 3.63) is 41.7 Å². The molecule has 0 saturated heterocycles. The number of aromatic nitrogens is 1. The molecule has 1 amide bonds. The third-order valence-electron chi connectivity index (χ3n) is 3.77. The minimum Gasteiger partial charge on any atom is -0.454 e. The molecule has 1 aromatic carbocycles. The van der Waals surface area contributed by atoms with Gasteiger partial charge in [0.25, 0.3) is 5.91 Å². The number of ether oxygens (including phenoxy) is 2. The number of rotatable bonds is 3. The van der Waals surface area contributed by atoms with E-state index in [1.807, 2.05) is 6.07 Å². The van der Waals surface area contributed by atoms with E-state index < -0.39 is 0 Å². The predicted octanol–water partition coefficient (Wildman–Crippen LogP) is 1.97. The molecule has 2 heterocycles. The van der Waals surface area contributed by atoms with Crippen LogP contribution >= 0.6 is 0 Å². The SMILES string of the molecule is N#Cc1ccn(-c2ccc3c(c2)OCO3)c1C(=O)NC1CC1. The topological polar surface area (TPSA) is 76.3 Å². The first-order valence-corrected chi connectivity index (χ1v) is 7.08. The van der Waals surface area contributed by atoms with E-state index in [1.165, 1.54) is 0 Å². The molecule has 1 N–H and O–H groups in total. The molecule has 2 aromatic rings. The number of carbonyl (C=O) groups is 1. The summed E-state index contributed by atoms with van der Waals surface area (Å²) in [5.41, 5.74) is 1.47. The Morgan fingerprint density at radius 1 is 1.27 bits per heavy atom. The van der Waals surface area contributed by atoms with Crippen LogP contribution in [0.4, 0.5) is 0 Å². The lowest BCUT2D eigenvalue weighted by Gasteiger charge is -2.10. The van der Waals surface area contributed by atoms with Crippen molar-refractivity contribution >= 4 is 5.91 Å². The first kappa shape index (κ1) is 12.8. The van der Waals surface area contributed by atoms with Gasteiger partial charge in [-0.2, -0.15) is 5.26 Å². The Bertz CT molecular complexity index is 799. The number of hydrogen-bond acceptors (Lipinski definition) is 4. The Labute approximate surface area is 126 Å². The van der Waals surface area contributed by atoms with Crippen LogP contribution in [0.25, 0.3) is 5.69 Å². The van der Waals surface area contributed by atoms with E-state index in [0.29, 0.717) is 22.8 Å². The van der Waals surface area contributed by atoms with Crippen LogP contribution in [0, 0.1) is 11.3 Å². The van der Waals surface area contributed by atoms with Gasteiger partial charge in [-0.05, 0) is 31.0 Å². The summed E-state index contributed by atoms with van der Waals surface area (Å²) in [4.78, 5) is 12.4. The first-order chi connectivity index (χ1) is 10.8. The molecule has 22 heavy (non-hydrogen) atoms. The second-order valence-electron chi connectivity index (χ2n) is 5.35. The van der Waals surface area contributed by atoms with E-state index in [-0.39, 0.29) is 18.7 Å². The van der Waals surface area contributed by atoms with Gasteiger partial charge in [0.2, 0.25) is 6.79 Å². The average molecular weight is 295 g/mol. The van der Waals surface area contributed by atoms with Crippen LogP contribution in [0.1, 0.15) is 28.9 Å². The normalized spacial score (nSPS) is 15.4. The number of fused-ring (bicyclic) bond motifs is 1. The fourth-order valence-corrected chi connectivity index (χ4v) is 2.49. The van der Waals surface area contributed by atoms with Gasteiger partial charge >= 0.3 is 0 Å². The van der Waals surface area contributed by atoms with Crippen molar-refractivity contribution in [3.63, 3.8) is 0 Å². The van der Waals surface area contributed by atoms with Crippen LogP contribution in [0.2, 0.25) is 0 Å². The van der Waals surface area contributed by atoms with Crippen molar-refractivity contribution < 1.29 is 14.3 Å². The largest absolute Gasteiger partial charge is 0.454 e. The van der Waals surface area contributed by atoms with Crippen LogP contribution in [-0.4, -0.2) is 23.3 Å². The van der Waals surface area contributed by atoms with E-state index in [2.05, 4.69) is 11.4 Å². The molecule has 1 aromatic heterocycles. The standard InChI is InChI=1S/C16H13N3O3/c17-8-10-5-6-19(15(10)16(20)18-11-1-2-11)12-3-4-13-14(7-12)22-9-21-13/h3-7,11H,1-2,9H2,(H,18,20). The molecule has 0 spiro atoms. The second-order valence-corrected chi connectivity index (χ2v) is 5.35. The Hall–Kier alpha value is -2.94. The van der Waals surface area contributed by atoms with Gasteiger partial charge in [-0.15, -0.1) is 0 Å². The van der Waals surface area contributed by atoms with Gasteiger partial charge in [-0.25, -0.2) is 0 Å². The van der Waals surface area contributed by atoms with Crippen molar-refractivity contribution in [2.45, 2.75) is 18.9 Å². The Balaban J connectivity index is 1.76. The average Bonchev–Trinajstić information content (AvgIpc) is 3.05. The lowest BCUT2D eigenvalue weighted by Crippen LogP contribution is -2.28. The van der Waals surface area contributed by atoms with Crippen LogP contribution in [-0.2, 0) is 0 Å². The van der Waals surface area contributed by atoms with E-state index in [9.17, 15) is 10.1 Å². The number of hydrogen-bond donors (Lipinski definition) is 1. The molecule has 4 rings (SSSR count). The zero-order valence-electron chi connectivity index (χ0n) is 11.7. The minimum atomic E-state index is -0.221. The van der Waals surface area contributed by atoms with Crippen molar-refractivity contribution in [2.24, 2.45) is 0 Å². The smallest absolute Gasteiger partial charge is 0.269 e. The van der Waals surface area contributed by atoms with Crippen LogP contribution in [0.5, 0.6) is 11.5 Å². The molecule has 1 aliphatic heterocycles. The maximum Gasteiger partial charge on any atom is 0.269 e. The van der Waals surface area contributed by atoms with Gasteiger partial charge in [-0.3, -0.25) is 4.79 Å². The highest BCUT2D eigenvalue weighted by atomic mass is 16.7. The van der Waals surface area contributed by atoms with Gasteiger partial charge in [0.1, 0.15) is 11.8 Å². The highest BCUT2D eigenvalue weighted by molar-refractivity contribution is 5.96. The molecule has 6 heteroatoms. The maximum absolute atomic E-state index is 12.4.